The molecular weight excluding hydrogens is 380 g/mol. The van der Waals surface area contributed by atoms with E-state index in [1.54, 1.807) is 0 Å². The van der Waals surface area contributed by atoms with Gasteiger partial charge in [0.15, 0.2) is 17.2 Å². The van der Waals surface area contributed by atoms with Crippen molar-refractivity contribution in [2.75, 3.05) is 0 Å². The highest BCUT2D eigenvalue weighted by Crippen LogP contribution is 2.70. The molecule has 0 radical (unpaired) electrons. The van der Waals surface area contributed by atoms with Crippen LogP contribution in [0.25, 0.3) is 0 Å². The van der Waals surface area contributed by atoms with Crippen LogP contribution in [-0.4, -0.2) is 34.3 Å². The fourth-order valence-corrected chi connectivity index (χ4v) is 8.70. The molecule has 0 heterocycles. The van der Waals surface area contributed by atoms with Crippen molar-refractivity contribution in [3.63, 3.8) is 0 Å². The van der Waals surface area contributed by atoms with Crippen LogP contribution >= 0.6 is 0 Å². The molecule has 0 bridgehead atoms. The Morgan fingerprint density at radius 3 is 2.43 bits per heavy atom. The van der Waals surface area contributed by atoms with Gasteiger partial charge >= 0.3 is 5.97 Å². The van der Waals surface area contributed by atoms with Crippen LogP contribution in [0.3, 0.4) is 0 Å². The van der Waals surface area contributed by atoms with E-state index in [-0.39, 0.29) is 46.6 Å². The molecule has 4 rings (SSSR count). The Kier molecular flexibility index (Phi) is 4.89. The molecule has 0 aromatic carbocycles. The van der Waals surface area contributed by atoms with E-state index in [2.05, 4.69) is 20.8 Å². The van der Waals surface area contributed by atoms with Gasteiger partial charge in [-0.1, -0.05) is 33.3 Å². The van der Waals surface area contributed by atoms with Gasteiger partial charge in [-0.2, -0.15) is 0 Å². The second-order valence-electron chi connectivity index (χ2n) is 11.1. The van der Waals surface area contributed by atoms with Gasteiger partial charge < -0.3 is 9.84 Å². The number of allylic oxidation sites excluding steroid dienone is 1. The summed E-state index contributed by atoms with van der Waals surface area (Å²) in [6.07, 6.45) is 4.73. The molecule has 166 valence electrons. The van der Waals surface area contributed by atoms with Crippen LogP contribution in [0.5, 0.6) is 0 Å². The molecule has 5 heteroatoms. The number of carbonyl (C=O) groups excluding carboxylic acids is 3. The lowest BCUT2D eigenvalue weighted by molar-refractivity contribution is -0.204. The summed E-state index contributed by atoms with van der Waals surface area (Å²) in [5.74, 6) is 0.335. The fraction of sp³-hybridized carbons (Fsp3) is 0.800. The van der Waals surface area contributed by atoms with Crippen LogP contribution in [0, 0.1) is 40.4 Å². The van der Waals surface area contributed by atoms with Gasteiger partial charge in [-0.15, -0.1) is 0 Å². The average molecular weight is 417 g/mol. The zero-order chi connectivity index (χ0) is 22.2. The highest BCUT2D eigenvalue weighted by molar-refractivity contribution is 5.92. The van der Waals surface area contributed by atoms with Crippen LogP contribution in [0.1, 0.15) is 73.6 Å². The van der Waals surface area contributed by atoms with Crippen LogP contribution in [-0.2, 0) is 19.1 Å². The summed E-state index contributed by atoms with van der Waals surface area (Å²) in [7, 11) is 0. The molecule has 3 fully saturated rings. The molecular formula is C25H36O5. The molecule has 1 N–H and O–H groups in total. The number of aliphatic hydroxyl groups is 1. The molecule has 4 aliphatic rings. The van der Waals surface area contributed by atoms with Crippen molar-refractivity contribution in [3.8, 4) is 0 Å². The van der Waals surface area contributed by atoms with E-state index >= 15 is 0 Å². The van der Waals surface area contributed by atoms with Gasteiger partial charge in [-0.05, 0) is 67.8 Å². The third-order valence-electron chi connectivity index (χ3n) is 9.58. The monoisotopic (exact) mass is 416 g/mol. The molecule has 0 saturated heterocycles. The lowest BCUT2D eigenvalue weighted by Crippen LogP contribution is -2.64. The summed E-state index contributed by atoms with van der Waals surface area (Å²) in [6.45, 7) is 11.4. The van der Waals surface area contributed by atoms with Crippen molar-refractivity contribution < 1.29 is 24.2 Å². The SMILES string of the molecule is CC(=O)O[C@]1(C(C)=O)C(C)C[C@H]2[C@@H]3CC(C)C4=CC(=O)CC[C@]4(C)[C@H]3C(O)C[C@@]21C. The largest absolute Gasteiger partial charge is 0.450 e. The van der Waals surface area contributed by atoms with Crippen LogP contribution < -0.4 is 0 Å². The van der Waals surface area contributed by atoms with Gasteiger partial charge in [0.25, 0.3) is 0 Å². The van der Waals surface area contributed by atoms with Crippen molar-refractivity contribution in [2.24, 2.45) is 40.4 Å². The van der Waals surface area contributed by atoms with E-state index in [1.165, 1.54) is 19.4 Å². The molecule has 4 aliphatic carbocycles. The zero-order valence-electron chi connectivity index (χ0n) is 19.2. The first-order valence-corrected chi connectivity index (χ1v) is 11.5. The van der Waals surface area contributed by atoms with Crippen molar-refractivity contribution in [1.82, 2.24) is 0 Å². The number of hydrogen-bond acceptors (Lipinski definition) is 5. The maximum atomic E-state index is 13.0. The zero-order valence-corrected chi connectivity index (χ0v) is 19.2. The molecule has 0 aliphatic heterocycles. The Hall–Kier alpha value is -1.49. The topological polar surface area (TPSA) is 80.7 Å². The van der Waals surface area contributed by atoms with E-state index in [9.17, 15) is 19.5 Å². The number of ketones is 2. The van der Waals surface area contributed by atoms with Crippen molar-refractivity contribution >= 4 is 17.5 Å². The predicted molar refractivity (Wildman–Crippen MR) is 112 cm³/mol. The summed E-state index contributed by atoms with van der Waals surface area (Å²) in [5.41, 5.74) is -0.764. The molecule has 0 aromatic rings. The molecule has 0 spiro atoms. The Balaban J connectivity index is 1.82. The third kappa shape index (κ3) is 2.60. The van der Waals surface area contributed by atoms with E-state index in [0.717, 1.165) is 19.3 Å². The first-order chi connectivity index (χ1) is 13.9. The number of carbonyl (C=O) groups is 3. The van der Waals surface area contributed by atoms with Gasteiger partial charge in [0.2, 0.25) is 0 Å². The number of Topliss-reactive ketones (excluding diaryl/α,β-unsaturated/α-hetero) is 1. The van der Waals surface area contributed by atoms with Gasteiger partial charge in [0, 0.05) is 24.7 Å². The summed E-state index contributed by atoms with van der Waals surface area (Å²) in [4.78, 5) is 37.3. The van der Waals surface area contributed by atoms with Crippen molar-refractivity contribution in [3.05, 3.63) is 11.6 Å². The predicted octanol–water partition coefficient (Wildman–Crippen LogP) is 3.87. The van der Waals surface area contributed by atoms with Crippen LogP contribution in [0.4, 0.5) is 0 Å². The molecule has 5 nitrogen and oxygen atoms in total. The number of rotatable bonds is 2. The number of ether oxygens (including phenoxy) is 1. The minimum Gasteiger partial charge on any atom is -0.450 e. The molecule has 3 saturated carbocycles. The third-order valence-corrected chi connectivity index (χ3v) is 9.58. The molecule has 0 aromatic heterocycles. The Morgan fingerprint density at radius 2 is 1.83 bits per heavy atom. The highest BCUT2D eigenvalue weighted by Gasteiger charge is 2.72. The minimum absolute atomic E-state index is 0.0680. The first-order valence-electron chi connectivity index (χ1n) is 11.5. The molecule has 0 amide bonds. The van der Waals surface area contributed by atoms with Gasteiger partial charge in [-0.25, -0.2) is 0 Å². The van der Waals surface area contributed by atoms with Crippen molar-refractivity contribution in [1.29, 1.82) is 0 Å². The quantitative estimate of drug-likeness (QED) is 0.691. The number of fused-ring (bicyclic) bond motifs is 5. The van der Waals surface area contributed by atoms with Crippen LogP contribution in [0.15, 0.2) is 11.6 Å². The van der Waals surface area contributed by atoms with E-state index < -0.39 is 23.1 Å². The van der Waals surface area contributed by atoms with Gasteiger partial charge in [0.1, 0.15) is 0 Å². The number of esters is 1. The summed E-state index contributed by atoms with van der Waals surface area (Å²) in [6, 6.07) is 0. The Bertz CT molecular complexity index is 829. The number of aliphatic hydroxyl groups excluding tert-OH is 1. The summed E-state index contributed by atoms with van der Waals surface area (Å²) in [5, 5.41) is 11.5. The lowest BCUT2D eigenvalue weighted by atomic mass is 9.44. The van der Waals surface area contributed by atoms with E-state index in [4.69, 9.17) is 4.74 Å². The smallest absolute Gasteiger partial charge is 0.303 e. The second kappa shape index (κ2) is 6.75. The van der Waals surface area contributed by atoms with Crippen LogP contribution in [0.2, 0.25) is 0 Å². The summed E-state index contributed by atoms with van der Waals surface area (Å²) < 4.78 is 5.89. The standard InChI is InChI=1S/C25H36O5/c1-13-9-18-20-10-14(2)25(15(3)26,30-16(4)27)24(20,6)12-21(29)22(18)23(5)8-7-17(28)11-19(13)23/h11,13-14,18,20-22,29H,7-10,12H2,1-6H3/t13?,14?,18-,20-,21?,22+,23-,24-,25-/m0/s1. The maximum absolute atomic E-state index is 13.0. The lowest BCUT2D eigenvalue weighted by Gasteiger charge is -2.62. The van der Waals surface area contributed by atoms with Gasteiger partial charge in [0.05, 0.1) is 6.10 Å². The second-order valence-corrected chi connectivity index (χ2v) is 11.1. The molecule has 3 unspecified atom stereocenters. The molecule has 30 heavy (non-hydrogen) atoms. The first kappa shape index (κ1) is 21.7. The Labute approximate surface area is 179 Å². The maximum Gasteiger partial charge on any atom is 0.303 e. The average Bonchev–Trinajstić information content (AvgIpc) is 2.84. The Morgan fingerprint density at radius 1 is 1.17 bits per heavy atom. The highest BCUT2D eigenvalue weighted by atomic mass is 16.6. The minimum atomic E-state index is -1.18. The van der Waals surface area contributed by atoms with Gasteiger partial charge in [-0.3, -0.25) is 14.4 Å². The normalized spacial score (nSPS) is 50.1. The fourth-order valence-electron chi connectivity index (χ4n) is 8.70. The van der Waals surface area contributed by atoms with E-state index in [1.807, 2.05) is 13.0 Å². The van der Waals surface area contributed by atoms with E-state index in [0.29, 0.717) is 12.8 Å². The number of hydrogen-bond donors (Lipinski definition) is 1. The molecule has 9 atom stereocenters. The summed E-state index contributed by atoms with van der Waals surface area (Å²) >= 11 is 0. The van der Waals surface area contributed by atoms with Crippen molar-refractivity contribution in [2.45, 2.75) is 85.4 Å².